The van der Waals surface area contributed by atoms with Crippen LogP contribution in [0.2, 0.25) is 5.15 Å². The number of hydrogen-bond donors (Lipinski definition) is 1. The third kappa shape index (κ3) is 3.76. The van der Waals surface area contributed by atoms with Crippen LogP contribution in [0.5, 0.6) is 0 Å². The summed E-state index contributed by atoms with van der Waals surface area (Å²) >= 11 is 5.62. The SMILES string of the molecule is CC(CNC(=O)c1ccc(Cl)nn1)c1ccccc1. The van der Waals surface area contributed by atoms with Crippen molar-refractivity contribution >= 4 is 17.5 Å². The molecule has 0 radical (unpaired) electrons. The van der Waals surface area contributed by atoms with E-state index in [2.05, 4.69) is 22.4 Å². The second-order valence-electron chi connectivity index (χ2n) is 4.26. The van der Waals surface area contributed by atoms with Crippen molar-refractivity contribution in [1.29, 1.82) is 0 Å². The quantitative estimate of drug-likeness (QED) is 0.933. The van der Waals surface area contributed by atoms with Gasteiger partial charge in [0.1, 0.15) is 0 Å². The Labute approximate surface area is 116 Å². The average Bonchev–Trinajstić information content (AvgIpc) is 2.46. The number of carbonyl (C=O) groups excluding carboxylic acids is 1. The van der Waals surface area contributed by atoms with E-state index in [-0.39, 0.29) is 22.7 Å². The Hall–Kier alpha value is -1.94. The summed E-state index contributed by atoms with van der Waals surface area (Å²) in [5.41, 5.74) is 1.45. The van der Waals surface area contributed by atoms with E-state index in [1.54, 1.807) is 12.1 Å². The molecule has 4 nitrogen and oxygen atoms in total. The second kappa shape index (κ2) is 6.29. The highest BCUT2D eigenvalue weighted by Gasteiger charge is 2.10. The van der Waals surface area contributed by atoms with Crippen molar-refractivity contribution < 1.29 is 4.79 Å². The lowest BCUT2D eigenvalue weighted by Gasteiger charge is -2.12. The molecule has 0 spiro atoms. The van der Waals surface area contributed by atoms with Gasteiger partial charge >= 0.3 is 0 Å². The number of nitrogens with zero attached hydrogens (tertiary/aromatic N) is 2. The first kappa shape index (κ1) is 13.5. The summed E-state index contributed by atoms with van der Waals surface area (Å²) in [5, 5.41) is 10.5. The van der Waals surface area contributed by atoms with Gasteiger partial charge in [-0.3, -0.25) is 4.79 Å². The van der Waals surface area contributed by atoms with Crippen LogP contribution in [0.1, 0.15) is 28.9 Å². The van der Waals surface area contributed by atoms with Crippen molar-refractivity contribution in [2.45, 2.75) is 12.8 Å². The fraction of sp³-hybridized carbons (Fsp3) is 0.214. The number of rotatable bonds is 4. The summed E-state index contributed by atoms with van der Waals surface area (Å²) in [7, 11) is 0. The van der Waals surface area contributed by atoms with Gasteiger partial charge < -0.3 is 5.32 Å². The van der Waals surface area contributed by atoms with E-state index in [0.29, 0.717) is 6.54 Å². The smallest absolute Gasteiger partial charge is 0.271 e. The minimum atomic E-state index is -0.244. The molecule has 98 valence electrons. The van der Waals surface area contributed by atoms with E-state index < -0.39 is 0 Å². The van der Waals surface area contributed by atoms with Crippen LogP contribution in [0.25, 0.3) is 0 Å². The molecule has 1 amide bonds. The van der Waals surface area contributed by atoms with Gasteiger partial charge in [0.05, 0.1) is 0 Å². The van der Waals surface area contributed by atoms with Crippen molar-refractivity contribution in [2.75, 3.05) is 6.54 Å². The summed E-state index contributed by atoms with van der Waals surface area (Å²) in [6.07, 6.45) is 0. The molecule has 1 heterocycles. The molecule has 2 rings (SSSR count). The summed E-state index contributed by atoms with van der Waals surface area (Å²) in [6.45, 7) is 2.61. The molecule has 1 aromatic carbocycles. The molecule has 0 fully saturated rings. The lowest BCUT2D eigenvalue weighted by atomic mass is 10.0. The fourth-order valence-electron chi connectivity index (χ4n) is 1.67. The minimum Gasteiger partial charge on any atom is -0.350 e. The van der Waals surface area contributed by atoms with Crippen LogP contribution in [0, 0.1) is 0 Å². The van der Waals surface area contributed by atoms with Crippen LogP contribution >= 0.6 is 11.6 Å². The molecule has 0 aliphatic carbocycles. The van der Waals surface area contributed by atoms with Crippen LogP contribution in [-0.2, 0) is 0 Å². The van der Waals surface area contributed by atoms with Crippen LogP contribution in [-0.4, -0.2) is 22.6 Å². The summed E-state index contributed by atoms with van der Waals surface area (Å²) in [4.78, 5) is 11.8. The molecule has 0 aliphatic rings. The Morgan fingerprint density at radius 1 is 1.21 bits per heavy atom. The zero-order valence-corrected chi connectivity index (χ0v) is 11.3. The predicted octanol–water partition coefficient (Wildman–Crippen LogP) is 2.66. The molecule has 1 atom stereocenters. The monoisotopic (exact) mass is 275 g/mol. The van der Waals surface area contributed by atoms with Gasteiger partial charge in [-0.25, -0.2) is 0 Å². The first-order valence-electron chi connectivity index (χ1n) is 5.99. The van der Waals surface area contributed by atoms with Crippen molar-refractivity contribution in [3.63, 3.8) is 0 Å². The molecule has 19 heavy (non-hydrogen) atoms. The number of aromatic nitrogens is 2. The summed E-state index contributed by atoms with van der Waals surface area (Å²) in [5.74, 6) is -0.00245. The normalized spacial score (nSPS) is 11.9. The Kier molecular flexibility index (Phi) is 4.47. The maximum absolute atomic E-state index is 11.8. The van der Waals surface area contributed by atoms with Gasteiger partial charge in [0.2, 0.25) is 0 Å². The fourth-order valence-corrected chi connectivity index (χ4v) is 1.77. The Morgan fingerprint density at radius 3 is 2.58 bits per heavy atom. The number of carbonyl (C=O) groups is 1. The highest BCUT2D eigenvalue weighted by molar-refractivity contribution is 6.29. The molecule has 1 unspecified atom stereocenters. The van der Waals surface area contributed by atoms with Gasteiger partial charge in [-0.1, -0.05) is 48.9 Å². The van der Waals surface area contributed by atoms with E-state index in [1.807, 2.05) is 30.3 Å². The molecular weight excluding hydrogens is 262 g/mol. The molecule has 0 aliphatic heterocycles. The van der Waals surface area contributed by atoms with Gasteiger partial charge in [0, 0.05) is 6.54 Å². The van der Waals surface area contributed by atoms with Gasteiger partial charge in [-0.15, -0.1) is 10.2 Å². The standard InChI is InChI=1S/C14H14ClN3O/c1-10(11-5-3-2-4-6-11)9-16-14(19)12-7-8-13(15)18-17-12/h2-8,10H,9H2,1H3,(H,16,19). The maximum atomic E-state index is 11.8. The third-order valence-corrected chi connectivity index (χ3v) is 3.00. The summed E-state index contributed by atoms with van der Waals surface area (Å²) < 4.78 is 0. The van der Waals surface area contributed by atoms with Gasteiger partial charge in [-0.2, -0.15) is 0 Å². The van der Waals surface area contributed by atoms with Gasteiger partial charge in [-0.05, 0) is 23.6 Å². The van der Waals surface area contributed by atoms with E-state index >= 15 is 0 Å². The number of amides is 1. The number of benzene rings is 1. The Balaban J connectivity index is 1.92. The Morgan fingerprint density at radius 2 is 1.95 bits per heavy atom. The van der Waals surface area contributed by atoms with Crippen LogP contribution in [0.15, 0.2) is 42.5 Å². The third-order valence-electron chi connectivity index (χ3n) is 2.80. The first-order chi connectivity index (χ1) is 9.16. The number of nitrogens with one attached hydrogen (secondary N) is 1. The van der Waals surface area contributed by atoms with E-state index in [4.69, 9.17) is 11.6 Å². The lowest BCUT2D eigenvalue weighted by Crippen LogP contribution is -2.28. The molecule has 1 aromatic heterocycles. The molecule has 1 N–H and O–H groups in total. The molecule has 5 heteroatoms. The highest BCUT2D eigenvalue weighted by atomic mass is 35.5. The largest absolute Gasteiger partial charge is 0.350 e. The molecule has 0 saturated heterocycles. The van der Waals surface area contributed by atoms with Crippen LogP contribution in [0.3, 0.4) is 0 Å². The van der Waals surface area contributed by atoms with Crippen molar-refractivity contribution in [3.05, 3.63) is 58.9 Å². The topological polar surface area (TPSA) is 54.9 Å². The van der Waals surface area contributed by atoms with Crippen LogP contribution < -0.4 is 5.32 Å². The minimum absolute atomic E-state index is 0.241. The molecule has 2 aromatic rings. The molecule has 0 bridgehead atoms. The first-order valence-corrected chi connectivity index (χ1v) is 6.37. The van der Waals surface area contributed by atoms with Gasteiger partial charge in [0.25, 0.3) is 5.91 Å². The number of hydrogen-bond acceptors (Lipinski definition) is 3. The van der Waals surface area contributed by atoms with Crippen LogP contribution in [0.4, 0.5) is 0 Å². The van der Waals surface area contributed by atoms with E-state index in [9.17, 15) is 4.79 Å². The average molecular weight is 276 g/mol. The maximum Gasteiger partial charge on any atom is 0.271 e. The zero-order valence-electron chi connectivity index (χ0n) is 10.5. The second-order valence-corrected chi connectivity index (χ2v) is 4.65. The lowest BCUT2D eigenvalue weighted by molar-refractivity contribution is 0.0945. The molecule has 0 saturated carbocycles. The summed E-state index contributed by atoms with van der Waals surface area (Å²) in [6, 6.07) is 13.1. The number of halogens is 1. The van der Waals surface area contributed by atoms with Crippen molar-refractivity contribution in [2.24, 2.45) is 0 Å². The predicted molar refractivity (Wildman–Crippen MR) is 74.2 cm³/mol. The van der Waals surface area contributed by atoms with Crippen molar-refractivity contribution in [1.82, 2.24) is 15.5 Å². The van der Waals surface area contributed by atoms with Gasteiger partial charge in [0.15, 0.2) is 10.8 Å². The van der Waals surface area contributed by atoms with E-state index in [1.165, 1.54) is 5.56 Å². The molecular formula is C14H14ClN3O. The highest BCUT2D eigenvalue weighted by Crippen LogP contribution is 2.13. The van der Waals surface area contributed by atoms with Crippen molar-refractivity contribution in [3.8, 4) is 0 Å². The zero-order chi connectivity index (χ0) is 13.7. The van der Waals surface area contributed by atoms with E-state index in [0.717, 1.165) is 0 Å². The Bertz CT molecular complexity index is 542.